The van der Waals surface area contributed by atoms with Crippen LogP contribution in [0.2, 0.25) is 5.02 Å². The Hall–Kier alpha value is -1.13. The first kappa shape index (κ1) is 15.3. The van der Waals surface area contributed by atoms with Gasteiger partial charge in [0.25, 0.3) is 5.69 Å². The first-order chi connectivity index (χ1) is 9.61. The van der Waals surface area contributed by atoms with Gasteiger partial charge in [-0.25, -0.2) is 0 Å². The summed E-state index contributed by atoms with van der Waals surface area (Å²) >= 11 is 6.13. The maximum absolute atomic E-state index is 10.7. The molecule has 0 spiro atoms. The lowest BCUT2D eigenvalue weighted by Crippen LogP contribution is -2.32. The van der Waals surface area contributed by atoms with Gasteiger partial charge in [0.2, 0.25) is 0 Å². The Morgan fingerprint density at radius 1 is 1.50 bits per heavy atom. The first-order valence-corrected chi connectivity index (χ1v) is 7.65. The highest BCUT2D eigenvalue weighted by atomic mass is 35.5. The molecule has 1 atom stereocenters. The summed E-state index contributed by atoms with van der Waals surface area (Å²) in [7, 11) is 0. The zero-order valence-corrected chi connectivity index (χ0v) is 12.5. The van der Waals surface area contributed by atoms with E-state index in [1.807, 2.05) is 0 Å². The van der Waals surface area contributed by atoms with E-state index in [4.69, 9.17) is 11.6 Å². The number of nitrogens with zero attached hydrogens (tertiary/aromatic N) is 1. The topological polar surface area (TPSA) is 55.2 Å². The Labute approximate surface area is 124 Å². The van der Waals surface area contributed by atoms with Gasteiger partial charge in [0.1, 0.15) is 0 Å². The fourth-order valence-electron chi connectivity index (χ4n) is 2.50. The molecule has 0 radical (unpaired) electrons. The van der Waals surface area contributed by atoms with E-state index in [1.165, 1.54) is 25.0 Å². The van der Waals surface area contributed by atoms with Crippen molar-refractivity contribution < 1.29 is 4.92 Å². The van der Waals surface area contributed by atoms with Crippen molar-refractivity contribution in [3.8, 4) is 0 Å². The Morgan fingerprint density at radius 2 is 2.25 bits per heavy atom. The van der Waals surface area contributed by atoms with Crippen molar-refractivity contribution in [3.05, 3.63) is 38.9 Å². The number of rotatable bonds is 8. The molecule has 2 rings (SSSR count). The fourth-order valence-corrected chi connectivity index (χ4v) is 2.77. The second-order valence-electron chi connectivity index (χ2n) is 5.47. The number of aryl methyl sites for hydroxylation is 1. The largest absolute Gasteiger partial charge is 0.314 e. The molecule has 20 heavy (non-hydrogen) atoms. The number of nitro groups is 1. The van der Waals surface area contributed by atoms with E-state index < -0.39 is 4.92 Å². The van der Waals surface area contributed by atoms with Crippen LogP contribution in [0.1, 0.15) is 38.2 Å². The number of hydrogen-bond donors (Lipinski definition) is 1. The highest BCUT2D eigenvalue weighted by Crippen LogP contribution is 2.35. The van der Waals surface area contributed by atoms with Crippen molar-refractivity contribution in [1.82, 2.24) is 5.32 Å². The van der Waals surface area contributed by atoms with Crippen LogP contribution in [0.25, 0.3) is 0 Å². The fraction of sp³-hybridized carbons (Fsp3) is 0.600. The number of hydrogen-bond acceptors (Lipinski definition) is 3. The van der Waals surface area contributed by atoms with E-state index in [2.05, 4.69) is 12.2 Å². The second-order valence-corrected chi connectivity index (χ2v) is 5.88. The quantitative estimate of drug-likeness (QED) is 0.583. The van der Waals surface area contributed by atoms with Crippen molar-refractivity contribution in [2.45, 2.75) is 45.1 Å². The SMILES string of the molecule is CCCNC(CCc1ccc([N+](=O)[O-])cc1Cl)C1CC1. The van der Waals surface area contributed by atoms with E-state index >= 15 is 0 Å². The minimum atomic E-state index is -0.411. The van der Waals surface area contributed by atoms with Crippen LogP contribution < -0.4 is 5.32 Å². The van der Waals surface area contributed by atoms with Crippen molar-refractivity contribution in [1.29, 1.82) is 0 Å². The van der Waals surface area contributed by atoms with Crippen LogP contribution in [0.15, 0.2) is 18.2 Å². The molecular formula is C15H21ClN2O2. The Bertz CT molecular complexity index is 475. The zero-order valence-electron chi connectivity index (χ0n) is 11.8. The lowest BCUT2D eigenvalue weighted by atomic mass is 10.0. The van der Waals surface area contributed by atoms with Gasteiger partial charge in [-0.1, -0.05) is 24.6 Å². The summed E-state index contributed by atoms with van der Waals surface area (Å²) in [4.78, 5) is 10.3. The van der Waals surface area contributed by atoms with E-state index in [-0.39, 0.29) is 5.69 Å². The van der Waals surface area contributed by atoms with E-state index in [1.54, 1.807) is 6.07 Å². The maximum Gasteiger partial charge on any atom is 0.270 e. The van der Waals surface area contributed by atoms with Crippen LogP contribution in [0.4, 0.5) is 5.69 Å². The Morgan fingerprint density at radius 3 is 2.80 bits per heavy atom. The van der Waals surface area contributed by atoms with E-state index in [0.29, 0.717) is 11.1 Å². The lowest BCUT2D eigenvalue weighted by molar-refractivity contribution is -0.384. The summed E-state index contributed by atoms with van der Waals surface area (Å²) in [6.07, 6.45) is 5.68. The minimum Gasteiger partial charge on any atom is -0.314 e. The monoisotopic (exact) mass is 296 g/mol. The van der Waals surface area contributed by atoms with E-state index in [9.17, 15) is 10.1 Å². The number of nitro benzene ring substituents is 1. The summed E-state index contributed by atoms with van der Waals surface area (Å²) in [5.74, 6) is 0.804. The number of nitrogens with one attached hydrogen (secondary N) is 1. The number of non-ortho nitro benzene ring substituents is 1. The van der Waals surface area contributed by atoms with Crippen LogP contribution >= 0.6 is 11.6 Å². The molecule has 1 saturated carbocycles. The highest BCUT2D eigenvalue weighted by molar-refractivity contribution is 6.31. The van der Waals surface area contributed by atoms with Gasteiger partial charge in [0.15, 0.2) is 0 Å². The summed E-state index contributed by atoms with van der Waals surface area (Å²) in [6, 6.07) is 5.32. The predicted molar refractivity (Wildman–Crippen MR) is 81.2 cm³/mol. The van der Waals surface area contributed by atoms with Crippen molar-refractivity contribution in [2.24, 2.45) is 5.92 Å². The molecule has 1 aliphatic carbocycles. The second kappa shape index (κ2) is 7.04. The van der Waals surface area contributed by atoms with Gasteiger partial charge in [0.05, 0.1) is 9.95 Å². The molecule has 0 bridgehead atoms. The molecule has 1 aliphatic rings. The Kier molecular flexibility index (Phi) is 5.38. The van der Waals surface area contributed by atoms with Gasteiger partial charge < -0.3 is 5.32 Å². The number of benzene rings is 1. The molecular weight excluding hydrogens is 276 g/mol. The van der Waals surface area contributed by atoms with Crippen LogP contribution in [0.5, 0.6) is 0 Å². The summed E-state index contributed by atoms with van der Waals surface area (Å²) in [5.41, 5.74) is 1.06. The molecule has 4 nitrogen and oxygen atoms in total. The third-order valence-corrected chi connectivity index (χ3v) is 4.17. The van der Waals surface area contributed by atoms with Gasteiger partial charge >= 0.3 is 0 Å². The molecule has 0 heterocycles. The molecule has 0 amide bonds. The summed E-state index contributed by atoms with van der Waals surface area (Å²) in [6.45, 7) is 3.22. The van der Waals surface area contributed by atoms with Crippen LogP contribution in [0, 0.1) is 16.0 Å². The highest BCUT2D eigenvalue weighted by Gasteiger charge is 2.30. The molecule has 0 aromatic heterocycles. The van der Waals surface area contributed by atoms with Gasteiger partial charge in [-0.3, -0.25) is 10.1 Å². The lowest BCUT2D eigenvalue weighted by Gasteiger charge is -2.18. The smallest absolute Gasteiger partial charge is 0.270 e. The molecule has 5 heteroatoms. The minimum absolute atomic E-state index is 0.0570. The van der Waals surface area contributed by atoms with Crippen molar-refractivity contribution in [2.75, 3.05) is 6.54 Å². The van der Waals surface area contributed by atoms with Gasteiger partial charge in [-0.05, 0) is 50.1 Å². The van der Waals surface area contributed by atoms with Gasteiger partial charge in [-0.2, -0.15) is 0 Å². The number of halogens is 1. The summed E-state index contributed by atoms with van der Waals surface area (Å²) in [5, 5.41) is 14.8. The van der Waals surface area contributed by atoms with Gasteiger partial charge in [0, 0.05) is 18.2 Å². The average Bonchev–Trinajstić information content (AvgIpc) is 3.24. The third-order valence-electron chi connectivity index (χ3n) is 3.82. The molecule has 1 N–H and O–H groups in total. The van der Waals surface area contributed by atoms with Crippen LogP contribution in [0.3, 0.4) is 0 Å². The molecule has 0 aliphatic heterocycles. The maximum atomic E-state index is 10.7. The van der Waals surface area contributed by atoms with Gasteiger partial charge in [-0.15, -0.1) is 0 Å². The molecule has 1 unspecified atom stereocenters. The zero-order chi connectivity index (χ0) is 14.5. The van der Waals surface area contributed by atoms with Crippen LogP contribution in [-0.4, -0.2) is 17.5 Å². The summed E-state index contributed by atoms with van der Waals surface area (Å²) < 4.78 is 0. The molecule has 1 aromatic carbocycles. The average molecular weight is 297 g/mol. The molecule has 1 aromatic rings. The third kappa shape index (κ3) is 4.18. The van der Waals surface area contributed by atoms with Crippen LogP contribution in [-0.2, 0) is 6.42 Å². The first-order valence-electron chi connectivity index (χ1n) is 7.28. The van der Waals surface area contributed by atoms with Crippen molar-refractivity contribution in [3.63, 3.8) is 0 Å². The molecule has 110 valence electrons. The molecule has 0 saturated heterocycles. The Balaban J connectivity index is 1.93. The molecule has 1 fully saturated rings. The predicted octanol–water partition coefficient (Wildman–Crippen LogP) is 3.96. The normalized spacial score (nSPS) is 16.1. The van der Waals surface area contributed by atoms with Crippen molar-refractivity contribution >= 4 is 17.3 Å². The van der Waals surface area contributed by atoms with E-state index in [0.717, 1.165) is 37.3 Å². The standard InChI is InChI=1S/C15H21ClN2O2/c1-2-9-17-15(12-3-4-12)8-6-11-5-7-13(18(19)20)10-14(11)16/h5,7,10,12,15,17H,2-4,6,8-9H2,1H3.